The fraction of sp³-hybridized carbons (Fsp3) is 0.513. The molecule has 0 spiro atoms. The van der Waals surface area contributed by atoms with Crippen LogP contribution in [0.1, 0.15) is 82.4 Å². The van der Waals surface area contributed by atoms with Crippen molar-refractivity contribution in [3.8, 4) is 0 Å². The number of carbonyl (C=O) groups excluding carboxylic acids is 5. The highest BCUT2D eigenvalue weighted by atomic mass is 32.2. The molecular formula is C39H45F4N5O9S. The van der Waals surface area contributed by atoms with Crippen molar-refractivity contribution in [3.63, 3.8) is 0 Å². The number of hydrogen-bond donors (Lipinski definition) is 3. The molecule has 5 atom stereocenters. The number of hydrogen-bond acceptors (Lipinski definition) is 9. The predicted molar refractivity (Wildman–Crippen MR) is 197 cm³/mol. The highest BCUT2D eigenvalue weighted by molar-refractivity contribution is 7.90. The van der Waals surface area contributed by atoms with Gasteiger partial charge in [0.25, 0.3) is 15.9 Å². The van der Waals surface area contributed by atoms with Crippen LogP contribution >= 0.6 is 0 Å². The van der Waals surface area contributed by atoms with E-state index in [1.165, 1.54) is 17.0 Å². The summed E-state index contributed by atoms with van der Waals surface area (Å²) in [5, 5.41) is 5.27. The summed E-state index contributed by atoms with van der Waals surface area (Å²) in [5.74, 6) is -3.90. The highest BCUT2D eigenvalue weighted by Gasteiger charge is 2.62. The van der Waals surface area contributed by atoms with Crippen LogP contribution < -0.4 is 15.4 Å². The largest absolute Gasteiger partial charge is 0.444 e. The van der Waals surface area contributed by atoms with E-state index in [1.807, 2.05) is 4.72 Å². The first kappa shape index (κ1) is 42.4. The van der Waals surface area contributed by atoms with Gasteiger partial charge in [-0.3, -0.25) is 19.3 Å². The lowest BCUT2D eigenvalue weighted by Crippen LogP contribution is -2.58. The van der Waals surface area contributed by atoms with E-state index in [-0.39, 0.29) is 38.9 Å². The summed E-state index contributed by atoms with van der Waals surface area (Å²) in [6.45, 7) is 4.65. The van der Waals surface area contributed by atoms with Gasteiger partial charge in [-0.25, -0.2) is 27.1 Å². The van der Waals surface area contributed by atoms with Crippen molar-refractivity contribution in [2.24, 2.45) is 5.92 Å². The Hall–Kier alpha value is -5.20. The molecule has 314 valence electrons. The SMILES string of the molecule is CC(C)(C)OC(=O)N[C@H]1CCCCC/C=C\[C@@H]2C[C@@]2(C(=O)NS(=O)(=O)c2ccc(C(F)(F)F)cc2)NC(=O)[C@@H]2C[C@@H](OC(=O)N3Cc4cccc(F)c4C3)CN2C1=O. The topological polar surface area (TPSA) is 181 Å². The number of nitrogens with zero attached hydrogens (tertiary/aromatic N) is 2. The quantitative estimate of drug-likeness (QED) is 0.274. The number of ether oxygens (including phenoxy) is 2. The minimum atomic E-state index is -4.73. The molecule has 1 saturated heterocycles. The van der Waals surface area contributed by atoms with Crippen LogP contribution in [0.3, 0.4) is 0 Å². The molecule has 1 saturated carbocycles. The lowest BCUT2D eigenvalue weighted by atomic mass is 10.0. The summed E-state index contributed by atoms with van der Waals surface area (Å²) in [6, 6.07) is 4.46. The van der Waals surface area contributed by atoms with Crippen LogP contribution in [0.2, 0.25) is 0 Å². The molecule has 2 fully saturated rings. The molecule has 14 nitrogen and oxygen atoms in total. The van der Waals surface area contributed by atoms with Gasteiger partial charge in [0, 0.05) is 24.4 Å². The van der Waals surface area contributed by atoms with Crippen LogP contribution in [0.15, 0.2) is 59.5 Å². The number of fused-ring (bicyclic) bond motifs is 3. The average Bonchev–Trinajstić information content (AvgIpc) is 3.42. The van der Waals surface area contributed by atoms with E-state index in [9.17, 15) is 50.0 Å². The molecule has 3 N–H and O–H groups in total. The fourth-order valence-corrected chi connectivity index (χ4v) is 8.48. The van der Waals surface area contributed by atoms with Crippen molar-refractivity contribution in [1.82, 2.24) is 25.2 Å². The number of benzene rings is 2. The van der Waals surface area contributed by atoms with E-state index < -0.39 is 97.6 Å². The Morgan fingerprint density at radius 3 is 2.38 bits per heavy atom. The molecule has 58 heavy (non-hydrogen) atoms. The molecule has 1 aliphatic carbocycles. The first-order valence-corrected chi connectivity index (χ1v) is 20.4. The number of carbonyl (C=O) groups is 5. The minimum absolute atomic E-state index is 0.0441. The fourth-order valence-electron chi connectivity index (χ4n) is 7.44. The molecule has 2 aromatic rings. The molecule has 0 aromatic heterocycles. The second-order valence-corrected chi connectivity index (χ2v) is 17.7. The first-order valence-electron chi connectivity index (χ1n) is 18.9. The van der Waals surface area contributed by atoms with Gasteiger partial charge in [0.1, 0.15) is 35.1 Å². The Kier molecular flexibility index (Phi) is 11.9. The number of allylic oxidation sites excluding steroid dienone is 1. The van der Waals surface area contributed by atoms with Crippen molar-refractivity contribution >= 4 is 39.9 Å². The van der Waals surface area contributed by atoms with Crippen LogP contribution in [0, 0.1) is 11.7 Å². The van der Waals surface area contributed by atoms with E-state index in [4.69, 9.17) is 9.47 Å². The highest BCUT2D eigenvalue weighted by Crippen LogP contribution is 2.46. The summed E-state index contributed by atoms with van der Waals surface area (Å²) in [7, 11) is -4.72. The molecule has 0 bridgehead atoms. The van der Waals surface area contributed by atoms with Gasteiger partial charge in [-0.2, -0.15) is 13.2 Å². The van der Waals surface area contributed by atoms with Gasteiger partial charge in [-0.1, -0.05) is 37.1 Å². The van der Waals surface area contributed by atoms with E-state index in [0.717, 1.165) is 4.90 Å². The van der Waals surface area contributed by atoms with E-state index >= 15 is 0 Å². The molecular weight excluding hydrogens is 791 g/mol. The number of sulfonamides is 1. The maximum absolute atomic E-state index is 14.5. The molecule has 4 aliphatic rings. The maximum atomic E-state index is 14.5. The zero-order valence-electron chi connectivity index (χ0n) is 32.1. The van der Waals surface area contributed by atoms with Gasteiger partial charge in [0.15, 0.2) is 0 Å². The number of alkyl carbamates (subject to hydrolysis) is 1. The van der Waals surface area contributed by atoms with Gasteiger partial charge >= 0.3 is 18.4 Å². The Morgan fingerprint density at radius 2 is 1.71 bits per heavy atom. The molecule has 5 amide bonds. The maximum Gasteiger partial charge on any atom is 0.416 e. The zero-order valence-corrected chi connectivity index (χ0v) is 32.9. The lowest BCUT2D eigenvalue weighted by Gasteiger charge is -2.30. The molecule has 3 heterocycles. The number of nitrogens with one attached hydrogen (secondary N) is 3. The minimum Gasteiger partial charge on any atom is -0.444 e. The van der Waals surface area contributed by atoms with Crippen molar-refractivity contribution in [2.75, 3.05) is 6.54 Å². The summed E-state index contributed by atoms with van der Waals surface area (Å²) in [4.78, 5) is 70.7. The van der Waals surface area contributed by atoms with Crippen molar-refractivity contribution in [2.45, 2.75) is 119 Å². The molecule has 6 rings (SSSR count). The van der Waals surface area contributed by atoms with Crippen molar-refractivity contribution in [1.29, 1.82) is 0 Å². The molecule has 3 aliphatic heterocycles. The van der Waals surface area contributed by atoms with Crippen molar-refractivity contribution < 1.29 is 59.4 Å². The smallest absolute Gasteiger partial charge is 0.416 e. The third-order valence-electron chi connectivity index (χ3n) is 10.5. The summed E-state index contributed by atoms with van der Waals surface area (Å²) in [6.07, 6.45) is -1.83. The second kappa shape index (κ2) is 16.2. The third-order valence-corrected chi connectivity index (χ3v) is 11.9. The van der Waals surface area contributed by atoms with E-state index in [0.29, 0.717) is 61.1 Å². The number of alkyl halides is 3. The summed E-state index contributed by atoms with van der Waals surface area (Å²) < 4.78 is 93.5. The molecule has 19 heteroatoms. The van der Waals surface area contributed by atoms with Crippen LogP contribution in [0.25, 0.3) is 0 Å². The van der Waals surface area contributed by atoms with Crippen LogP contribution in [-0.2, 0) is 53.1 Å². The standard InChI is InChI=1S/C39H45F4N5O9S/c1-37(2,3)57-35(52)44-30-13-8-6-4-5-7-11-25-19-38(25,34(51)46-58(54,55)27-16-14-24(15-17-27)39(41,42)43)45-32(49)31-18-26(21-48(31)33(30)50)56-36(53)47-20-23-10-9-12-29(40)28(23)22-47/h7,9-12,14-17,25-26,30-31H,4-6,8,13,18-22H2,1-3H3,(H,44,52)(H,45,49)(H,46,51)/b11-7-/t25-,26-,30+,31+,38-/m1/s1. The Labute approximate surface area is 332 Å². The Bertz CT molecular complexity index is 2090. The predicted octanol–water partition coefficient (Wildman–Crippen LogP) is 5.06. The van der Waals surface area contributed by atoms with Gasteiger partial charge in [0.2, 0.25) is 11.8 Å². The number of rotatable bonds is 5. The summed E-state index contributed by atoms with van der Waals surface area (Å²) >= 11 is 0. The van der Waals surface area contributed by atoms with Gasteiger partial charge in [-0.15, -0.1) is 0 Å². The van der Waals surface area contributed by atoms with Gasteiger partial charge < -0.3 is 25.0 Å². The zero-order chi connectivity index (χ0) is 42.2. The van der Waals surface area contributed by atoms with E-state index in [2.05, 4.69) is 10.6 Å². The molecule has 0 unspecified atom stereocenters. The number of amides is 5. The monoisotopic (exact) mass is 835 g/mol. The van der Waals surface area contributed by atoms with Gasteiger partial charge in [-0.05, 0) is 82.3 Å². The van der Waals surface area contributed by atoms with Crippen molar-refractivity contribution in [3.05, 3.63) is 77.1 Å². The van der Waals surface area contributed by atoms with E-state index in [1.54, 1.807) is 39.0 Å². The third kappa shape index (κ3) is 9.56. The second-order valence-electron chi connectivity index (χ2n) is 16.0. The van der Waals surface area contributed by atoms with Crippen LogP contribution in [-0.4, -0.2) is 84.0 Å². The number of halogens is 4. The first-order chi connectivity index (χ1) is 27.2. The van der Waals surface area contributed by atoms with Crippen LogP contribution in [0.4, 0.5) is 27.2 Å². The van der Waals surface area contributed by atoms with Crippen LogP contribution in [0.5, 0.6) is 0 Å². The molecule has 2 aromatic carbocycles. The van der Waals surface area contributed by atoms with Gasteiger partial charge in [0.05, 0.1) is 23.5 Å². The summed E-state index contributed by atoms with van der Waals surface area (Å²) in [5.41, 5.74) is -2.90. The normalized spacial score (nSPS) is 25.8. The Morgan fingerprint density at radius 1 is 0.983 bits per heavy atom. The lowest BCUT2D eigenvalue weighted by molar-refractivity contribution is -0.141. The molecule has 0 radical (unpaired) electrons. The average molecular weight is 836 g/mol. The Balaban J connectivity index is 1.26.